The zero-order valence-electron chi connectivity index (χ0n) is 16.6. The van der Waals surface area contributed by atoms with Crippen LogP contribution in [0.4, 0.5) is 0 Å². The van der Waals surface area contributed by atoms with Gasteiger partial charge in [0.2, 0.25) is 5.91 Å². The molecule has 2 aliphatic rings. The molecule has 6 heteroatoms. The predicted octanol–water partition coefficient (Wildman–Crippen LogP) is 2.70. The van der Waals surface area contributed by atoms with Crippen molar-refractivity contribution in [3.05, 3.63) is 53.6 Å². The number of benzene rings is 2. The largest absolute Gasteiger partial charge is 0.491 e. The van der Waals surface area contributed by atoms with E-state index in [0.29, 0.717) is 13.0 Å². The molecule has 0 aromatic heterocycles. The van der Waals surface area contributed by atoms with E-state index in [4.69, 9.17) is 9.84 Å². The van der Waals surface area contributed by atoms with Gasteiger partial charge in [-0.2, -0.15) is 0 Å². The molecule has 0 spiro atoms. The summed E-state index contributed by atoms with van der Waals surface area (Å²) in [5, 5.41) is 11.7. The van der Waals surface area contributed by atoms with Crippen molar-refractivity contribution in [1.82, 2.24) is 10.2 Å². The maximum Gasteiger partial charge on any atom is 0.304 e. The molecule has 0 aliphatic carbocycles. The van der Waals surface area contributed by atoms with E-state index in [0.717, 1.165) is 30.8 Å². The van der Waals surface area contributed by atoms with Crippen LogP contribution in [-0.4, -0.2) is 48.1 Å². The molecule has 0 radical (unpaired) electrons. The first kappa shape index (κ1) is 19.5. The van der Waals surface area contributed by atoms with Gasteiger partial charge in [-0.3, -0.25) is 9.59 Å². The Kier molecular flexibility index (Phi) is 5.53. The Hall–Kier alpha value is -2.86. The summed E-state index contributed by atoms with van der Waals surface area (Å²) in [5.74, 6) is -0.872. The van der Waals surface area contributed by atoms with Crippen molar-refractivity contribution >= 4 is 11.9 Å². The maximum atomic E-state index is 11.8. The standard InChI is InChI=1S/C23H26N2O4/c1-25-9-8-17-10-16(2-3-18(17)13-25)15-4-6-21(7-5-15)29-14-20-11-19(12-22(26)27)23(28)24-20/h2-7,10,19-20H,8-9,11-14H2,1H3,(H,24,28)(H,26,27)/t19-,20-/m0/s1. The van der Waals surface area contributed by atoms with Crippen LogP contribution in [0.15, 0.2) is 42.5 Å². The van der Waals surface area contributed by atoms with E-state index in [-0.39, 0.29) is 18.4 Å². The Bertz CT molecular complexity index is 910. The number of aliphatic carboxylic acids is 1. The van der Waals surface area contributed by atoms with E-state index in [1.54, 1.807) is 0 Å². The number of nitrogens with one attached hydrogen (secondary N) is 1. The SMILES string of the molecule is CN1CCc2cc(-c3ccc(OC[C@@H]4C[C@@H](CC(=O)O)C(=O)N4)cc3)ccc2C1. The number of fused-ring (bicyclic) bond motifs is 1. The maximum absolute atomic E-state index is 11.8. The summed E-state index contributed by atoms with van der Waals surface area (Å²) in [7, 11) is 2.15. The van der Waals surface area contributed by atoms with Crippen molar-refractivity contribution in [3.63, 3.8) is 0 Å². The van der Waals surface area contributed by atoms with Gasteiger partial charge >= 0.3 is 5.97 Å². The van der Waals surface area contributed by atoms with Crippen LogP contribution in [0.2, 0.25) is 0 Å². The number of rotatable bonds is 6. The zero-order chi connectivity index (χ0) is 20.4. The van der Waals surface area contributed by atoms with Crippen LogP contribution in [0.1, 0.15) is 24.0 Å². The second-order valence-corrected chi connectivity index (χ2v) is 8.04. The van der Waals surface area contributed by atoms with Crippen molar-refractivity contribution in [2.45, 2.75) is 31.8 Å². The average molecular weight is 394 g/mol. The van der Waals surface area contributed by atoms with Gasteiger partial charge < -0.3 is 20.1 Å². The Balaban J connectivity index is 1.35. The molecule has 6 nitrogen and oxygen atoms in total. The van der Waals surface area contributed by atoms with Gasteiger partial charge in [0.15, 0.2) is 0 Å². The average Bonchev–Trinajstić information content (AvgIpc) is 3.05. The number of carboxylic acid groups (broad SMARTS) is 1. The molecule has 2 atom stereocenters. The Morgan fingerprint density at radius 2 is 1.93 bits per heavy atom. The molecular weight excluding hydrogens is 368 g/mol. The molecule has 29 heavy (non-hydrogen) atoms. The number of carbonyl (C=O) groups excluding carboxylic acids is 1. The van der Waals surface area contributed by atoms with Crippen LogP contribution in [0, 0.1) is 5.92 Å². The normalized spacial score (nSPS) is 21.5. The number of hydrogen-bond donors (Lipinski definition) is 2. The summed E-state index contributed by atoms with van der Waals surface area (Å²) < 4.78 is 5.82. The van der Waals surface area contributed by atoms with E-state index in [9.17, 15) is 9.59 Å². The molecule has 1 fully saturated rings. The minimum Gasteiger partial charge on any atom is -0.491 e. The second kappa shape index (κ2) is 8.25. The molecular formula is C23H26N2O4. The first-order valence-corrected chi connectivity index (χ1v) is 10.0. The lowest BCUT2D eigenvalue weighted by Gasteiger charge is -2.25. The van der Waals surface area contributed by atoms with Gasteiger partial charge in [-0.15, -0.1) is 0 Å². The molecule has 1 saturated heterocycles. The number of carboxylic acids is 1. The van der Waals surface area contributed by atoms with Gasteiger partial charge in [0.25, 0.3) is 0 Å². The third-order valence-electron chi connectivity index (χ3n) is 5.76. The summed E-state index contributed by atoms with van der Waals surface area (Å²) in [4.78, 5) is 25.0. The summed E-state index contributed by atoms with van der Waals surface area (Å²) in [6.45, 7) is 2.44. The fourth-order valence-corrected chi connectivity index (χ4v) is 4.14. The molecule has 1 amide bonds. The summed E-state index contributed by atoms with van der Waals surface area (Å²) in [5.41, 5.74) is 5.19. The van der Waals surface area contributed by atoms with Crippen LogP contribution < -0.4 is 10.1 Å². The van der Waals surface area contributed by atoms with E-state index in [2.05, 4.69) is 35.5 Å². The van der Waals surface area contributed by atoms with Crippen molar-refractivity contribution < 1.29 is 19.4 Å². The van der Waals surface area contributed by atoms with Gasteiger partial charge in [0.1, 0.15) is 12.4 Å². The third kappa shape index (κ3) is 4.59. The van der Waals surface area contributed by atoms with Crippen LogP contribution in [-0.2, 0) is 22.6 Å². The fourth-order valence-electron chi connectivity index (χ4n) is 4.14. The number of carbonyl (C=O) groups is 2. The van der Waals surface area contributed by atoms with E-state index >= 15 is 0 Å². The first-order valence-electron chi connectivity index (χ1n) is 10.0. The Morgan fingerprint density at radius 1 is 1.17 bits per heavy atom. The minimum absolute atomic E-state index is 0.131. The highest BCUT2D eigenvalue weighted by molar-refractivity contribution is 5.85. The van der Waals surface area contributed by atoms with Crippen LogP contribution in [0.5, 0.6) is 5.75 Å². The third-order valence-corrected chi connectivity index (χ3v) is 5.76. The molecule has 0 saturated carbocycles. The van der Waals surface area contributed by atoms with Crippen LogP contribution in [0.25, 0.3) is 11.1 Å². The van der Waals surface area contributed by atoms with Gasteiger partial charge in [0.05, 0.1) is 18.4 Å². The lowest BCUT2D eigenvalue weighted by molar-refractivity contribution is -0.140. The Labute approximate surface area is 170 Å². The van der Waals surface area contributed by atoms with E-state index in [1.165, 1.54) is 16.7 Å². The molecule has 2 aliphatic heterocycles. The highest BCUT2D eigenvalue weighted by Gasteiger charge is 2.33. The van der Waals surface area contributed by atoms with Gasteiger partial charge in [-0.25, -0.2) is 0 Å². The van der Waals surface area contributed by atoms with Crippen molar-refractivity contribution in [2.24, 2.45) is 5.92 Å². The molecule has 2 aromatic rings. The van der Waals surface area contributed by atoms with Gasteiger partial charge in [-0.05, 0) is 54.3 Å². The fraction of sp³-hybridized carbons (Fsp3) is 0.391. The van der Waals surface area contributed by atoms with Gasteiger partial charge in [-0.1, -0.05) is 30.3 Å². The van der Waals surface area contributed by atoms with Crippen molar-refractivity contribution in [1.29, 1.82) is 0 Å². The number of ether oxygens (including phenoxy) is 1. The number of hydrogen-bond acceptors (Lipinski definition) is 4. The molecule has 2 heterocycles. The number of amides is 1. The zero-order valence-corrected chi connectivity index (χ0v) is 16.6. The Morgan fingerprint density at radius 3 is 2.69 bits per heavy atom. The molecule has 4 rings (SSSR count). The van der Waals surface area contributed by atoms with Crippen LogP contribution >= 0.6 is 0 Å². The summed E-state index contributed by atoms with van der Waals surface area (Å²) in [6, 6.07) is 14.5. The topological polar surface area (TPSA) is 78.9 Å². The summed E-state index contributed by atoms with van der Waals surface area (Å²) >= 11 is 0. The molecule has 152 valence electrons. The highest BCUT2D eigenvalue weighted by Crippen LogP contribution is 2.28. The molecule has 2 N–H and O–H groups in total. The first-order chi connectivity index (χ1) is 14.0. The minimum atomic E-state index is -0.948. The summed E-state index contributed by atoms with van der Waals surface area (Å²) in [6.07, 6.45) is 1.44. The van der Waals surface area contributed by atoms with Crippen LogP contribution in [0.3, 0.4) is 0 Å². The molecule has 0 unspecified atom stereocenters. The van der Waals surface area contributed by atoms with Gasteiger partial charge in [0, 0.05) is 13.1 Å². The predicted molar refractivity (Wildman–Crippen MR) is 110 cm³/mol. The number of nitrogens with zero attached hydrogens (tertiary/aromatic N) is 1. The highest BCUT2D eigenvalue weighted by atomic mass is 16.5. The quantitative estimate of drug-likeness (QED) is 0.788. The van der Waals surface area contributed by atoms with E-state index in [1.807, 2.05) is 24.3 Å². The van der Waals surface area contributed by atoms with E-state index < -0.39 is 11.9 Å². The van der Waals surface area contributed by atoms with Crippen molar-refractivity contribution in [3.8, 4) is 16.9 Å². The smallest absolute Gasteiger partial charge is 0.304 e. The monoisotopic (exact) mass is 394 g/mol. The lowest BCUT2D eigenvalue weighted by atomic mass is 9.95. The lowest BCUT2D eigenvalue weighted by Crippen LogP contribution is -2.31. The molecule has 2 aromatic carbocycles. The second-order valence-electron chi connectivity index (χ2n) is 8.04. The molecule has 0 bridgehead atoms. The van der Waals surface area contributed by atoms with Crippen molar-refractivity contribution in [2.75, 3.05) is 20.2 Å². The number of likely N-dealkylation sites (N-methyl/N-ethyl adjacent to an activating group) is 1.